The van der Waals surface area contributed by atoms with Gasteiger partial charge in [-0.25, -0.2) is 0 Å². The highest BCUT2D eigenvalue weighted by molar-refractivity contribution is 5.97. The van der Waals surface area contributed by atoms with Crippen molar-refractivity contribution in [2.75, 3.05) is 19.6 Å². The van der Waals surface area contributed by atoms with Crippen LogP contribution in [0.4, 0.5) is 0 Å². The van der Waals surface area contributed by atoms with E-state index in [0.717, 1.165) is 24.2 Å². The van der Waals surface area contributed by atoms with Crippen LogP contribution >= 0.6 is 0 Å². The molecular formula is C15H21NO2. The summed E-state index contributed by atoms with van der Waals surface area (Å²) >= 11 is 0. The van der Waals surface area contributed by atoms with Crippen LogP contribution in [-0.2, 0) is 4.74 Å². The summed E-state index contributed by atoms with van der Waals surface area (Å²) in [4.78, 5) is 14.4. The first kappa shape index (κ1) is 13.2. The molecule has 0 radical (unpaired) electrons. The van der Waals surface area contributed by atoms with Gasteiger partial charge in [-0.15, -0.1) is 0 Å². The van der Waals surface area contributed by atoms with Crippen molar-refractivity contribution in [3.8, 4) is 0 Å². The molecule has 1 aromatic rings. The lowest BCUT2D eigenvalue weighted by Gasteiger charge is -2.34. The Labute approximate surface area is 109 Å². The molecule has 1 heterocycles. The van der Waals surface area contributed by atoms with Gasteiger partial charge in [0.05, 0.1) is 18.8 Å². The van der Waals surface area contributed by atoms with Gasteiger partial charge in [-0.05, 0) is 26.8 Å². The monoisotopic (exact) mass is 247 g/mol. The van der Waals surface area contributed by atoms with Crippen LogP contribution in [0.3, 0.4) is 0 Å². The Morgan fingerprint density at radius 1 is 1.33 bits per heavy atom. The molecule has 0 spiro atoms. The number of rotatable bonds is 3. The first-order valence-corrected chi connectivity index (χ1v) is 6.52. The van der Waals surface area contributed by atoms with Crippen LogP contribution in [-0.4, -0.2) is 42.5 Å². The molecule has 0 N–H and O–H groups in total. The Bertz CT molecular complexity index is 420. The Morgan fingerprint density at radius 3 is 2.61 bits per heavy atom. The minimum atomic E-state index is 0.194. The van der Waals surface area contributed by atoms with E-state index in [-0.39, 0.29) is 18.0 Å². The van der Waals surface area contributed by atoms with Crippen molar-refractivity contribution >= 4 is 5.78 Å². The molecule has 0 bridgehead atoms. The molecule has 0 amide bonds. The van der Waals surface area contributed by atoms with E-state index in [2.05, 4.69) is 18.7 Å². The molecule has 1 aliphatic heterocycles. The molecule has 0 saturated carbocycles. The highest BCUT2D eigenvalue weighted by Crippen LogP contribution is 2.12. The van der Waals surface area contributed by atoms with E-state index in [1.54, 1.807) is 0 Å². The van der Waals surface area contributed by atoms with Crippen molar-refractivity contribution in [3.63, 3.8) is 0 Å². The van der Waals surface area contributed by atoms with Crippen LogP contribution in [0, 0.1) is 6.92 Å². The van der Waals surface area contributed by atoms with Gasteiger partial charge in [0.25, 0.3) is 0 Å². The molecule has 3 heteroatoms. The van der Waals surface area contributed by atoms with Crippen LogP contribution in [0.5, 0.6) is 0 Å². The van der Waals surface area contributed by atoms with Gasteiger partial charge in [0.1, 0.15) is 0 Å². The maximum Gasteiger partial charge on any atom is 0.176 e. The summed E-state index contributed by atoms with van der Waals surface area (Å²) in [5.74, 6) is 0.194. The normalized spacial score (nSPS) is 25.1. The number of benzene rings is 1. The van der Waals surface area contributed by atoms with Gasteiger partial charge >= 0.3 is 0 Å². The maximum atomic E-state index is 12.2. The fourth-order valence-corrected chi connectivity index (χ4v) is 2.53. The molecule has 1 fully saturated rings. The predicted octanol–water partition coefficient (Wildman–Crippen LogP) is 2.29. The molecule has 0 aromatic heterocycles. The standard InChI is InChI=1S/C15H21NO2/c1-11-5-4-6-14(7-11)15(17)10-16-8-12(2)18-13(3)9-16/h4-7,12-13H,8-10H2,1-3H3/t12-,13+. The van der Waals surface area contributed by atoms with E-state index in [0.29, 0.717) is 6.54 Å². The SMILES string of the molecule is Cc1cccc(C(=O)CN2C[C@@H](C)O[C@@H](C)C2)c1. The molecule has 1 aliphatic rings. The molecule has 98 valence electrons. The minimum absolute atomic E-state index is 0.194. The quantitative estimate of drug-likeness (QED) is 0.767. The van der Waals surface area contributed by atoms with Gasteiger partial charge in [0.2, 0.25) is 0 Å². The molecule has 2 atom stereocenters. The number of carbonyl (C=O) groups excluding carboxylic acids is 1. The lowest BCUT2D eigenvalue weighted by atomic mass is 10.1. The van der Waals surface area contributed by atoms with E-state index >= 15 is 0 Å². The zero-order valence-electron chi connectivity index (χ0n) is 11.3. The minimum Gasteiger partial charge on any atom is -0.373 e. The average molecular weight is 247 g/mol. The van der Waals surface area contributed by atoms with E-state index < -0.39 is 0 Å². The molecule has 0 aliphatic carbocycles. The third-order valence-electron chi connectivity index (χ3n) is 3.20. The fourth-order valence-electron chi connectivity index (χ4n) is 2.53. The highest BCUT2D eigenvalue weighted by atomic mass is 16.5. The maximum absolute atomic E-state index is 12.2. The summed E-state index contributed by atoms with van der Waals surface area (Å²) in [6.45, 7) is 8.28. The third-order valence-corrected chi connectivity index (χ3v) is 3.20. The predicted molar refractivity (Wildman–Crippen MR) is 72.0 cm³/mol. The van der Waals surface area contributed by atoms with Crippen molar-refractivity contribution in [2.24, 2.45) is 0 Å². The van der Waals surface area contributed by atoms with Crippen molar-refractivity contribution in [1.29, 1.82) is 0 Å². The molecule has 0 unspecified atom stereocenters. The smallest absolute Gasteiger partial charge is 0.176 e. The van der Waals surface area contributed by atoms with E-state index in [4.69, 9.17) is 4.74 Å². The summed E-state index contributed by atoms with van der Waals surface area (Å²) in [5, 5.41) is 0. The van der Waals surface area contributed by atoms with Crippen molar-refractivity contribution in [2.45, 2.75) is 33.0 Å². The van der Waals surface area contributed by atoms with Gasteiger partial charge < -0.3 is 4.74 Å². The van der Waals surface area contributed by atoms with Crippen LogP contribution in [0.1, 0.15) is 29.8 Å². The van der Waals surface area contributed by atoms with E-state index in [1.165, 1.54) is 0 Å². The zero-order chi connectivity index (χ0) is 13.1. The lowest BCUT2D eigenvalue weighted by molar-refractivity contribution is -0.0652. The van der Waals surface area contributed by atoms with Crippen LogP contribution in [0.15, 0.2) is 24.3 Å². The first-order chi connectivity index (χ1) is 8.54. The Balaban J connectivity index is 1.99. The molecule has 1 saturated heterocycles. The van der Waals surface area contributed by atoms with Crippen molar-refractivity contribution in [3.05, 3.63) is 35.4 Å². The number of hydrogen-bond acceptors (Lipinski definition) is 3. The second-order valence-electron chi connectivity index (χ2n) is 5.24. The Kier molecular flexibility index (Phi) is 4.15. The van der Waals surface area contributed by atoms with Crippen LogP contribution < -0.4 is 0 Å². The van der Waals surface area contributed by atoms with Crippen LogP contribution in [0.2, 0.25) is 0 Å². The summed E-state index contributed by atoms with van der Waals surface area (Å²) in [5.41, 5.74) is 1.94. The summed E-state index contributed by atoms with van der Waals surface area (Å²) in [6.07, 6.45) is 0.415. The number of carbonyl (C=O) groups is 1. The molecule has 3 nitrogen and oxygen atoms in total. The molecule has 18 heavy (non-hydrogen) atoms. The summed E-state index contributed by atoms with van der Waals surface area (Å²) in [7, 11) is 0. The van der Waals surface area contributed by atoms with Gasteiger partial charge in [0, 0.05) is 18.7 Å². The van der Waals surface area contributed by atoms with Gasteiger partial charge in [-0.1, -0.05) is 23.8 Å². The molecule has 2 rings (SSSR count). The zero-order valence-corrected chi connectivity index (χ0v) is 11.3. The fraction of sp³-hybridized carbons (Fsp3) is 0.533. The second kappa shape index (κ2) is 5.63. The number of morpholine rings is 1. The number of Topliss-reactive ketones (excluding diaryl/α,β-unsaturated/α-hetero) is 1. The number of ketones is 1. The van der Waals surface area contributed by atoms with Gasteiger partial charge in [-0.3, -0.25) is 9.69 Å². The van der Waals surface area contributed by atoms with Crippen molar-refractivity contribution in [1.82, 2.24) is 4.90 Å². The number of nitrogens with zero attached hydrogens (tertiary/aromatic N) is 1. The van der Waals surface area contributed by atoms with E-state index in [1.807, 2.05) is 31.2 Å². The highest BCUT2D eigenvalue weighted by Gasteiger charge is 2.23. The van der Waals surface area contributed by atoms with E-state index in [9.17, 15) is 4.79 Å². The molecule has 1 aromatic carbocycles. The number of ether oxygens (including phenoxy) is 1. The van der Waals surface area contributed by atoms with Gasteiger partial charge in [0.15, 0.2) is 5.78 Å². The van der Waals surface area contributed by atoms with Crippen LogP contribution in [0.25, 0.3) is 0 Å². The lowest BCUT2D eigenvalue weighted by Crippen LogP contribution is -2.47. The van der Waals surface area contributed by atoms with Gasteiger partial charge in [-0.2, -0.15) is 0 Å². The number of aryl methyl sites for hydroxylation is 1. The topological polar surface area (TPSA) is 29.5 Å². The number of hydrogen-bond donors (Lipinski definition) is 0. The second-order valence-corrected chi connectivity index (χ2v) is 5.24. The summed E-state index contributed by atoms with van der Waals surface area (Å²) in [6, 6.07) is 7.79. The Morgan fingerprint density at radius 2 is 2.00 bits per heavy atom. The van der Waals surface area contributed by atoms with Crippen molar-refractivity contribution < 1.29 is 9.53 Å². The molecular weight excluding hydrogens is 226 g/mol. The largest absolute Gasteiger partial charge is 0.373 e. The summed E-state index contributed by atoms with van der Waals surface area (Å²) < 4.78 is 5.67. The first-order valence-electron chi connectivity index (χ1n) is 6.52. The third kappa shape index (κ3) is 3.40. The Hall–Kier alpha value is -1.19. The average Bonchev–Trinajstić information content (AvgIpc) is 2.27.